The second-order valence-corrected chi connectivity index (χ2v) is 2.37. The number of carbonyl (C=O) groups excluding carboxylic acids is 1. The van der Waals surface area contributed by atoms with Gasteiger partial charge in [0.05, 0.1) is 11.6 Å². The lowest BCUT2D eigenvalue weighted by Crippen LogP contribution is -1.95. The van der Waals surface area contributed by atoms with E-state index in [1.807, 2.05) is 6.07 Å². The molecule has 0 fully saturated rings. The molecule has 0 N–H and O–H groups in total. The molecule has 0 aliphatic heterocycles. The Balaban J connectivity index is 2.80. The van der Waals surface area contributed by atoms with Crippen molar-refractivity contribution in [2.75, 3.05) is 0 Å². The van der Waals surface area contributed by atoms with Crippen molar-refractivity contribution in [1.29, 1.82) is 5.26 Å². The van der Waals surface area contributed by atoms with E-state index in [0.717, 1.165) is 0 Å². The molecule has 0 aliphatic carbocycles. The van der Waals surface area contributed by atoms with Gasteiger partial charge in [0.25, 0.3) is 0 Å². The van der Waals surface area contributed by atoms with E-state index in [1.165, 1.54) is 12.1 Å². The first kappa shape index (κ1) is 8.62. The van der Waals surface area contributed by atoms with Gasteiger partial charge in [-0.3, -0.25) is 0 Å². The number of hydrogen-bond donors (Lipinski definition) is 1. The fraction of sp³-hybridized carbons (Fsp3) is 0. The molecule has 0 unspecified atom stereocenters. The van der Waals surface area contributed by atoms with Crippen molar-refractivity contribution in [2.24, 2.45) is 0 Å². The van der Waals surface area contributed by atoms with Gasteiger partial charge in [-0.1, -0.05) is 12.6 Å². The third-order valence-electron chi connectivity index (χ3n) is 1.19. The van der Waals surface area contributed by atoms with Crippen LogP contribution in [0.1, 0.15) is 5.56 Å². The largest absolute Gasteiger partial charge is 0.419 e. The van der Waals surface area contributed by atoms with Crippen LogP contribution in [0, 0.1) is 11.3 Å². The van der Waals surface area contributed by atoms with Crippen molar-refractivity contribution < 1.29 is 9.53 Å². The predicted molar refractivity (Wildman–Crippen MR) is 46.2 cm³/mol. The molecule has 0 spiro atoms. The molecule has 1 rings (SSSR count). The zero-order valence-corrected chi connectivity index (χ0v) is 6.91. The van der Waals surface area contributed by atoms with Crippen LogP contribution in [0.4, 0.5) is 4.79 Å². The summed E-state index contributed by atoms with van der Waals surface area (Å²) in [6, 6.07) is 8.14. The van der Waals surface area contributed by atoms with Gasteiger partial charge < -0.3 is 4.74 Å². The Hall–Kier alpha value is -1.47. The fourth-order valence-electron chi connectivity index (χ4n) is 0.698. The second kappa shape index (κ2) is 3.79. The highest BCUT2D eigenvalue weighted by molar-refractivity contribution is 7.96. The molecule has 0 saturated heterocycles. The smallest absolute Gasteiger partial charge is 0.369 e. The van der Waals surface area contributed by atoms with Gasteiger partial charge >= 0.3 is 5.30 Å². The van der Waals surface area contributed by atoms with Crippen molar-refractivity contribution in [2.45, 2.75) is 0 Å². The van der Waals surface area contributed by atoms with E-state index >= 15 is 0 Å². The maximum absolute atomic E-state index is 10.3. The summed E-state index contributed by atoms with van der Waals surface area (Å²) in [5, 5.41) is 7.77. The van der Waals surface area contributed by atoms with E-state index < -0.39 is 5.30 Å². The molecule has 12 heavy (non-hydrogen) atoms. The quantitative estimate of drug-likeness (QED) is 0.529. The summed E-state index contributed by atoms with van der Waals surface area (Å²) in [4.78, 5) is 10.3. The van der Waals surface area contributed by atoms with E-state index in [0.29, 0.717) is 11.3 Å². The monoisotopic (exact) mass is 179 g/mol. The van der Waals surface area contributed by atoms with Crippen LogP contribution in [-0.4, -0.2) is 5.30 Å². The molecule has 3 nitrogen and oxygen atoms in total. The Bertz CT molecular complexity index is 326. The third-order valence-corrected chi connectivity index (χ3v) is 1.28. The van der Waals surface area contributed by atoms with E-state index in [1.54, 1.807) is 12.1 Å². The number of hydrogen-bond acceptors (Lipinski definition) is 3. The number of nitriles is 1. The van der Waals surface area contributed by atoms with Crippen LogP contribution in [0.5, 0.6) is 5.75 Å². The Morgan fingerprint density at radius 3 is 2.42 bits per heavy atom. The lowest BCUT2D eigenvalue weighted by Gasteiger charge is -1.98. The summed E-state index contributed by atoms with van der Waals surface area (Å²) in [5.74, 6) is 0.383. The maximum atomic E-state index is 10.3. The molecular weight excluding hydrogens is 174 g/mol. The van der Waals surface area contributed by atoms with Crippen LogP contribution in [-0.2, 0) is 0 Å². The van der Waals surface area contributed by atoms with Gasteiger partial charge in [0.15, 0.2) is 0 Å². The highest BCUT2D eigenvalue weighted by atomic mass is 32.1. The van der Waals surface area contributed by atoms with Crippen molar-refractivity contribution in [3.05, 3.63) is 29.8 Å². The lowest BCUT2D eigenvalue weighted by molar-refractivity contribution is 0.227. The summed E-state index contributed by atoms with van der Waals surface area (Å²) in [6.07, 6.45) is 0. The van der Waals surface area contributed by atoms with Crippen LogP contribution in [0.3, 0.4) is 0 Å². The normalized spacial score (nSPS) is 8.67. The molecule has 0 heterocycles. The lowest BCUT2D eigenvalue weighted by atomic mass is 10.2. The highest BCUT2D eigenvalue weighted by Crippen LogP contribution is 2.12. The first-order chi connectivity index (χ1) is 5.72. The first-order valence-corrected chi connectivity index (χ1v) is 3.58. The molecule has 0 atom stereocenters. The van der Waals surface area contributed by atoms with Crippen molar-refractivity contribution in [1.82, 2.24) is 0 Å². The minimum Gasteiger partial charge on any atom is -0.419 e. The molecular formula is C8H5NO2S. The summed E-state index contributed by atoms with van der Waals surface area (Å²) in [5.41, 5.74) is 0.522. The molecule has 0 bridgehead atoms. The molecule has 1 aromatic rings. The molecule has 0 amide bonds. The zero-order valence-electron chi connectivity index (χ0n) is 6.02. The van der Waals surface area contributed by atoms with E-state index in [4.69, 9.17) is 5.26 Å². The Kier molecular flexibility index (Phi) is 2.72. The molecule has 1 aromatic carbocycles. The van der Waals surface area contributed by atoms with Gasteiger partial charge in [0, 0.05) is 0 Å². The maximum Gasteiger partial charge on any atom is 0.369 e. The molecule has 0 saturated carbocycles. The number of thiol groups is 1. The van der Waals surface area contributed by atoms with E-state index in [2.05, 4.69) is 17.4 Å². The Morgan fingerprint density at radius 1 is 1.42 bits per heavy atom. The number of carbonyl (C=O) groups is 1. The number of ether oxygens (including phenoxy) is 1. The first-order valence-electron chi connectivity index (χ1n) is 3.13. The average Bonchev–Trinajstić information content (AvgIpc) is 2.05. The zero-order chi connectivity index (χ0) is 8.97. The predicted octanol–water partition coefficient (Wildman–Crippen LogP) is 1.99. The molecule has 4 heteroatoms. The van der Waals surface area contributed by atoms with Gasteiger partial charge in [0.2, 0.25) is 0 Å². The van der Waals surface area contributed by atoms with Crippen molar-refractivity contribution in [3.63, 3.8) is 0 Å². The summed E-state index contributed by atoms with van der Waals surface area (Å²) >= 11 is 3.43. The van der Waals surface area contributed by atoms with Gasteiger partial charge in [0.1, 0.15) is 5.75 Å². The topological polar surface area (TPSA) is 50.1 Å². The van der Waals surface area contributed by atoms with E-state index in [9.17, 15) is 4.79 Å². The Labute approximate surface area is 75.0 Å². The van der Waals surface area contributed by atoms with Gasteiger partial charge in [-0.25, -0.2) is 4.79 Å². The van der Waals surface area contributed by atoms with Gasteiger partial charge in [-0.05, 0) is 24.3 Å². The van der Waals surface area contributed by atoms with Crippen LogP contribution < -0.4 is 4.74 Å². The molecule has 0 aliphatic rings. The average molecular weight is 179 g/mol. The fourth-order valence-corrected chi connectivity index (χ4v) is 0.804. The molecule has 0 aromatic heterocycles. The van der Waals surface area contributed by atoms with E-state index in [-0.39, 0.29) is 0 Å². The molecule has 60 valence electrons. The third kappa shape index (κ3) is 2.29. The summed E-state index contributed by atoms with van der Waals surface area (Å²) in [6.45, 7) is 0. The van der Waals surface area contributed by atoms with Crippen molar-refractivity contribution in [3.8, 4) is 11.8 Å². The standard InChI is InChI=1S/C8H5NO2S/c9-5-6-1-3-7(4-2-6)11-8(10)12/h1-4H,(H,10,12). The Morgan fingerprint density at radius 2 is 2.00 bits per heavy atom. The number of benzene rings is 1. The summed E-state index contributed by atoms with van der Waals surface area (Å²) in [7, 11) is 0. The number of nitrogens with zero attached hydrogens (tertiary/aromatic N) is 1. The minimum atomic E-state index is -0.667. The second-order valence-electron chi connectivity index (χ2n) is 2.00. The van der Waals surface area contributed by atoms with Crippen LogP contribution in [0.15, 0.2) is 24.3 Å². The van der Waals surface area contributed by atoms with Crippen LogP contribution in [0.2, 0.25) is 0 Å². The SMILES string of the molecule is N#Cc1ccc(OC(=O)S)cc1. The van der Waals surface area contributed by atoms with Crippen LogP contribution >= 0.6 is 12.6 Å². The van der Waals surface area contributed by atoms with Crippen molar-refractivity contribution >= 4 is 17.9 Å². The summed E-state index contributed by atoms with van der Waals surface area (Å²) < 4.78 is 4.63. The van der Waals surface area contributed by atoms with Gasteiger partial charge in [-0.2, -0.15) is 5.26 Å². The highest BCUT2D eigenvalue weighted by Gasteiger charge is 1.97. The van der Waals surface area contributed by atoms with Gasteiger partial charge in [-0.15, -0.1) is 0 Å². The minimum absolute atomic E-state index is 0.383. The van der Waals surface area contributed by atoms with Crippen LogP contribution in [0.25, 0.3) is 0 Å². The molecule has 0 radical (unpaired) electrons. The number of rotatable bonds is 1.